The van der Waals surface area contributed by atoms with Crippen LogP contribution in [-0.4, -0.2) is 27.7 Å². The van der Waals surface area contributed by atoms with Crippen molar-refractivity contribution in [3.63, 3.8) is 0 Å². The fourth-order valence-corrected chi connectivity index (χ4v) is 3.06. The van der Waals surface area contributed by atoms with Gasteiger partial charge in [-0.15, -0.1) is 0 Å². The van der Waals surface area contributed by atoms with Crippen LogP contribution in [0.2, 0.25) is 0 Å². The molecule has 0 bridgehead atoms. The first-order valence-electron chi connectivity index (χ1n) is 6.62. The molecule has 5 heteroatoms. The Morgan fingerprint density at radius 1 is 1.44 bits per heavy atom. The number of aliphatic carboxylic acids is 1. The van der Waals surface area contributed by atoms with Crippen LogP contribution in [0.4, 0.5) is 8.78 Å². The van der Waals surface area contributed by atoms with Crippen molar-refractivity contribution in [2.45, 2.75) is 63.9 Å². The van der Waals surface area contributed by atoms with E-state index in [0.717, 1.165) is 19.3 Å². The number of alkyl halides is 2. The molecule has 0 aromatic carbocycles. The number of hydrogen-bond donors (Lipinski definition) is 2. The van der Waals surface area contributed by atoms with Crippen molar-refractivity contribution in [2.24, 2.45) is 11.8 Å². The van der Waals surface area contributed by atoms with Gasteiger partial charge in [0.1, 0.15) is 5.60 Å². The van der Waals surface area contributed by atoms with Gasteiger partial charge in [-0.3, -0.25) is 0 Å². The maximum atomic E-state index is 13.9. The molecule has 3 nitrogen and oxygen atoms in total. The average Bonchev–Trinajstić information content (AvgIpc) is 2.30. The Labute approximate surface area is 106 Å². The van der Waals surface area contributed by atoms with Crippen molar-refractivity contribution in [2.75, 3.05) is 0 Å². The van der Waals surface area contributed by atoms with Gasteiger partial charge in [0.2, 0.25) is 0 Å². The number of rotatable bonds is 5. The van der Waals surface area contributed by atoms with E-state index in [2.05, 4.69) is 0 Å². The Hall–Kier alpha value is -0.710. The van der Waals surface area contributed by atoms with Crippen molar-refractivity contribution in [1.82, 2.24) is 0 Å². The molecule has 1 aliphatic rings. The van der Waals surface area contributed by atoms with Crippen LogP contribution in [0.25, 0.3) is 0 Å². The summed E-state index contributed by atoms with van der Waals surface area (Å²) in [5, 5.41) is 19.1. The Bertz CT molecular complexity index is 307. The standard InChI is InChI=1S/C13H22F2O3/c1-3-4-7-10-8-5-6-9(2)12(10,18)13(14,15)11(16)17/h9-10,18H,3-8H2,1-2H3,(H,16,17). The normalized spacial score (nSPS) is 33.4. The second-order valence-corrected chi connectivity index (χ2v) is 5.38. The lowest BCUT2D eigenvalue weighted by molar-refractivity contribution is -0.248. The molecule has 18 heavy (non-hydrogen) atoms. The number of carboxylic acid groups (broad SMARTS) is 1. The molecule has 0 spiro atoms. The summed E-state index contributed by atoms with van der Waals surface area (Å²) in [4.78, 5) is 10.8. The molecule has 0 heterocycles. The summed E-state index contributed by atoms with van der Waals surface area (Å²) in [5.74, 6) is -7.63. The van der Waals surface area contributed by atoms with Gasteiger partial charge < -0.3 is 10.2 Å². The second-order valence-electron chi connectivity index (χ2n) is 5.38. The number of aliphatic hydroxyl groups is 1. The van der Waals surface area contributed by atoms with Gasteiger partial charge in [0.05, 0.1) is 0 Å². The van der Waals surface area contributed by atoms with E-state index < -0.39 is 29.3 Å². The summed E-state index contributed by atoms with van der Waals surface area (Å²) in [6, 6.07) is 0. The van der Waals surface area contributed by atoms with Crippen LogP contribution in [0.5, 0.6) is 0 Å². The zero-order valence-corrected chi connectivity index (χ0v) is 11.0. The third-order valence-corrected chi connectivity index (χ3v) is 4.24. The first kappa shape index (κ1) is 15.3. The topological polar surface area (TPSA) is 57.5 Å². The molecular formula is C13H22F2O3. The predicted octanol–water partition coefficient (Wildman–Crippen LogP) is 3.06. The summed E-state index contributed by atoms with van der Waals surface area (Å²) < 4.78 is 27.8. The lowest BCUT2D eigenvalue weighted by atomic mass is 9.64. The quantitative estimate of drug-likeness (QED) is 0.802. The molecule has 3 atom stereocenters. The average molecular weight is 264 g/mol. The van der Waals surface area contributed by atoms with Crippen LogP contribution in [0, 0.1) is 11.8 Å². The fraction of sp³-hybridized carbons (Fsp3) is 0.923. The molecule has 1 aliphatic carbocycles. The Morgan fingerprint density at radius 3 is 2.56 bits per heavy atom. The van der Waals surface area contributed by atoms with Crippen LogP contribution < -0.4 is 0 Å². The minimum Gasteiger partial charge on any atom is -0.477 e. The highest BCUT2D eigenvalue weighted by atomic mass is 19.3. The van der Waals surface area contributed by atoms with Crippen LogP contribution in [-0.2, 0) is 4.79 Å². The predicted molar refractivity (Wildman–Crippen MR) is 63.6 cm³/mol. The zero-order chi connectivity index (χ0) is 14.0. The molecule has 0 radical (unpaired) electrons. The monoisotopic (exact) mass is 264 g/mol. The highest BCUT2D eigenvalue weighted by Gasteiger charge is 2.65. The molecule has 3 unspecified atom stereocenters. The van der Waals surface area contributed by atoms with E-state index in [4.69, 9.17) is 5.11 Å². The van der Waals surface area contributed by atoms with Crippen LogP contribution in [0.3, 0.4) is 0 Å². The van der Waals surface area contributed by atoms with E-state index in [1.807, 2.05) is 6.92 Å². The lowest BCUT2D eigenvalue weighted by Gasteiger charge is -2.47. The van der Waals surface area contributed by atoms with Crippen molar-refractivity contribution in [3.8, 4) is 0 Å². The molecule has 0 aromatic heterocycles. The summed E-state index contributed by atoms with van der Waals surface area (Å²) in [7, 11) is 0. The van der Waals surface area contributed by atoms with Gasteiger partial charge in [-0.2, -0.15) is 8.78 Å². The smallest absolute Gasteiger partial charge is 0.377 e. The number of carbonyl (C=O) groups is 1. The maximum absolute atomic E-state index is 13.9. The highest BCUT2D eigenvalue weighted by molar-refractivity contribution is 5.77. The molecule has 0 amide bonds. The van der Waals surface area contributed by atoms with Crippen LogP contribution >= 0.6 is 0 Å². The van der Waals surface area contributed by atoms with Crippen molar-refractivity contribution < 1.29 is 23.8 Å². The van der Waals surface area contributed by atoms with Gasteiger partial charge in [0.15, 0.2) is 0 Å². The van der Waals surface area contributed by atoms with Gasteiger partial charge in [0, 0.05) is 0 Å². The molecule has 1 saturated carbocycles. The van der Waals surface area contributed by atoms with Gasteiger partial charge in [-0.25, -0.2) is 4.79 Å². The van der Waals surface area contributed by atoms with E-state index >= 15 is 0 Å². The fourth-order valence-electron chi connectivity index (χ4n) is 3.06. The van der Waals surface area contributed by atoms with Crippen LogP contribution in [0.1, 0.15) is 52.4 Å². The highest BCUT2D eigenvalue weighted by Crippen LogP contribution is 2.49. The van der Waals surface area contributed by atoms with E-state index in [1.165, 1.54) is 6.92 Å². The summed E-state index contributed by atoms with van der Waals surface area (Å²) in [5.41, 5.74) is -2.41. The summed E-state index contributed by atoms with van der Waals surface area (Å²) >= 11 is 0. The Morgan fingerprint density at radius 2 is 2.06 bits per heavy atom. The van der Waals surface area contributed by atoms with Gasteiger partial charge in [-0.05, 0) is 31.1 Å². The maximum Gasteiger partial charge on any atom is 0.377 e. The van der Waals surface area contributed by atoms with Gasteiger partial charge in [0.25, 0.3) is 0 Å². The third kappa shape index (κ3) is 2.37. The van der Waals surface area contributed by atoms with Crippen LogP contribution in [0.15, 0.2) is 0 Å². The zero-order valence-electron chi connectivity index (χ0n) is 11.0. The van der Waals surface area contributed by atoms with Gasteiger partial charge >= 0.3 is 11.9 Å². The molecule has 0 saturated heterocycles. The molecule has 106 valence electrons. The lowest BCUT2D eigenvalue weighted by Crippen LogP contribution is -2.62. The minimum atomic E-state index is -4.08. The minimum absolute atomic E-state index is 0.446. The molecule has 1 rings (SSSR count). The SMILES string of the molecule is CCCCC1CCCC(C)C1(O)C(F)(F)C(=O)O. The second kappa shape index (κ2) is 5.51. The van der Waals surface area contributed by atoms with Crippen molar-refractivity contribution in [3.05, 3.63) is 0 Å². The van der Waals surface area contributed by atoms with Crippen molar-refractivity contribution in [1.29, 1.82) is 0 Å². The molecule has 2 N–H and O–H groups in total. The summed E-state index contributed by atoms with van der Waals surface area (Å²) in [6.07, 6.45) is 3.73. The number of unbranched alkanes of at least 4 members (excludes halogenated alkanes) is 1. The van der Waals surface area contributed by atoms with E-state index in [0.29, 0.717) is 19.3 Å². The van der Waals surface area contributed by atoms with E-state index in [-0.39, 0.29) is 0 Å². The Kier molecular flexibility index (Phi) is 4.70. The third-order valence-electron chi connectivity index (χ3n) is 4.24. The van der Waals surface area contributed by atoms with Crippen molar-refractivity contribution >= 4 is 5.97 Å². The largest absolute Gasteiger partial charge is 0.477 e. The molecule has 0 aliphatic heterocycles. The molecule has 0 aromatic rings. The first-order chi connectivity index (χ1) is 8.28. The Balaban J connectivity index is 3.05. The number of hydrogen-bond acceptors (Lipinski definition) is 2. The number of carboxylic acids is 1. The number of halogens is 2. The first-order valence-corrected chi connectivity index (χ1v) is 6.62. The molecule has 1 fully saturated rings. The van der Waals surface area contributed by atoms with E-state index in [9.17, 15) is 18.7 Å². The van der Waals surface area contributed by atoms with E-state index in [1.54, 1.807) is 0 Å². The summed E-state index contributed by atoms with van der Waals surface area (Å²) in [6.45, 7) is 3.47. The van der Waals surface area contributed by atoms with Gasteiger partial charge in [-0.1, -0.05) is 33.1 Å². The molecular weight excluding hydrogens is 242 g/mol.